The molecule has 166 valence electrons. The van der Waals surface area contributed by atoms with Crippen molar-refractivity contribution in [3.8, 4) is 11.5 Å². The molecule has 5 nitrogen and oxygen atoms in total. The molecule has 0 aliphatic carbocycles. The molecule has 0 spiro atoms. The van der Waals surface area contributed by atoms with Gasteiger partial charge in [-0.1, -0.05) is 54.6 Å². The van der Waals surface area contributed by atoms with Gasteiger partial charge in [-0.05, 0) is 66.9 Å². The van der Waals surface area contributed by atoms with Crippen molar-refractivity contribution in [1.29, 1.82) is 0 Å². The predicted molar refractivity (Wildman–Crippen MR) is 124 cm³/mol. The maximum absolute atomic E-state index is 11.4. The summed E-state index contributed by atoms with van der Waals surface area (Å²) in [6.45, 7) is 2.03. The van der Waals surface area contributed by atoms with E-state index in [9.17, 15) is 9.90 Å². The smallest absolute Gasteiger partial charge is 0.306 e. The van der Waals surface area contributed by atoms with Crippen molar-refractivity contribution in [3.05, 3.63) is 95.6 Å². The molecule has 3 aromatic rings. The fourth-order valence-electron chi connectivity index (χ4n) is 4.29. The zero-order chi connectivity index (χ0) is 22.3. The topological polar surface area (TPSA) is 59.0 Å². The number of carbonyl (C=O) groups is 1. The molecule has 0 bridgehead atoms. The Hall–Kier alpha value is -3.31. The van der Waals surface area contributed by atoms with E-state index >= 15 is 0 Å². The van der Waals surface area contributed by atoms with E-state index in [-0.39, 0.29) is 12.0 Å². The van der Waals surface area contributed by atoms with Crippen molar-refractivity contribution in [3.63, 3.8) is 0 Å². The van der Waals surface area contributed by atoms with Gasteiger partial charge in [0.2, 0.25) is 0 Å². The van der Waals surface area contributed by atoms with E-state index in [1.165, 1.54) is 0 Å². The molecule has 1 N–H and O–H groups in total. The normalized spacial score (nSPS) is 15.8. The van der Waals surface area contributed by atoms with Gasteiger partial charge in [0.25, 0.3) is 0 Å². The Bertz CT molecular complexity index is 994. The molecule has 0 aromatic heterocycles. The van der Waals surface area contributed by atoms with E-state index in [4.69, 9.17) is 9.47 Å². The van der Waals surface area contributed by atoms with Gasteiger partial charge in [-0.2, -0.15) is 0 Å². The predicted octanol–water partition coefficient (Wildman–Crippen LogP) is 5.16. The number of carboxylic acids is 1. The van der Waals surface area contributed by atoms with Gasteiger partial charge in [-0.25, -0.2) is 0 Å². The monoisotopic (exact) mass is 431 g/mol. The molecule has 1 unspecified atom stereocenters. The van der Waals surface area contributed by atoms with Crippen LogP contribution in [0.3, 0.4) is 0 Å². The minimum absolute atomic E-state index is 0.0545. The lowest BCUT2D eigenvalue weighted by atomic mass is 9.91. The molecular weight excluding hydrogens is 402 g/mol. The second-order valence-corrected chi connectivity index (χ2v) is 8.17. The average Bonchev–Trinajstić information content (AvgIpc) is 2.85. The Morgan fingerprint density at radius 2 is 1.47 bits per heavy atom. The van der Waals surface area contributed by atoms with Gasteiger partial charge in [-0.15, -0.1) is 0 Å². The highest BCUT2D eigenvalue weighted by molar-refractivity contribution is 5.70. The minimum Gasteiger partial charge on any atom is -0.497 e. The molecule has 0 amide bonds. The zero-order valence-electron chi connectivity index (χ0n) is 18.3. The number of aliphatic carboxylic acids is 1. The highest BCUT2D eigenvalue weighted by Crippen LogP contribution is 2.34. The van der Waals surface area contributed by atoms with Crippen LogP contribution < -0.4 is 9.47 Å². The summed E-state index contributed by atoms with van der Waals surface area (Å²) in [7, 11) is 1.66. The third-order valence-corrected chi connectivity index (χ3v) is 6.12. The lowest BCUT2D eigenvalue weighted by Crippen LogP contribution is -2.39. The Morgan fingerprint density at radius 1 is 0.906 bits per heavy atom. The molecule has 0 saturated carbocycles. The number of piperidine rings is 1. The van der Waals surface area contributed by atoms with Gasteiger partial charge in [0, 0.05) is 0 Å². The molecule has 4 rings (SSSR count). The summed E-state index contributed by atoms with van der Waals surface area (Å²) in [6.07, 6.45) is 1.33. The maximum Gasteiger partial charge on any atom is 0.306 e. The SMILES string of the molecule is COc1ccc(C(c2ccc(OCc3ccccc3)cc2)N2CCC(C(=O)O)CC2)cc1. The van der Waals surface area contributed by atoms with Crippen LogP contribution in [0.15, 0.2) is 78.9 Å². The number of methoxy groups -OCH3 is 1. The molecule has 5 heteroatoms. The van der Waals surface area contributed by atoms with Crippen molar-refractivity contribution < 1.29 is 19.4 Å². The van der Waals surface area contributed by atoms with Gasteiger partial charge in [0.1, 0.15) is 18.1 Å². The second-order valence-electron chi connectivity index (χ2n) is 8.17. The van der Waals surface area contributed by atoms with Crippen LogP contribution in [0, 0.1) is 5.92 Å². The number of nitrogens with zero attached hydrogens (tertiary/aromatic N) is 1. The molecule has 1 heterocycles. The van der Waals surface area contributed by atoms with Gasteiger partial charge in [0.05, 0.1) is 19.1 Å². The van der Waals surface area contributed by atoms with Crippen LogP contribution in [0.1, 0.15) is 35.6 Å². The standard InChI is InChI=1S/C27H29NO4/c1-31-24-11-7-21(8-12-24)26(28-17-15-23(16-18-28)27(29)30)22-9-13-25(14-10-22)32-19-20-5-3-2-4-6-20/h2-14,23,26H,15-19H2,1H3,(H,29,30). The minimum atomic E-state index is -0.689. The third-order valence-electron chi connectivity index (χ3n) is 6.12. The first-order valence-electron chi connectivity index (χ1n) is 11.0. The fraction of sp³-hybridized carbons (Fsp3) is 0.296. The zero-order valence-corrected chi connectivity index (χ0v) is 18.3. The van der Waals surface area contributed by atoms with Crippen molar-refractivity contribution >= 4 is 5.97 Å². The third kappa shape index (κ3) is 5.29. The lowest BCUT2D eigenvalue weighted by Gasteiger charge is -2.37. The van der Waals surface area contributed by atoms with Crippen LogP contribution >= 0.6 is 0 Å². The summed E-state index contributed by atoms with van der Waals surface area (Å²) in [5.41, 5.74) is 3.46. The number of ether oxygens (including phenoxy) is 2. The number of hydrogen-bond acceptors (Lipinski definition) is 4. The molecular formula is C27H29NO4. The number of benzene rings is 3. The van der Waals surface area contributed by atoms with Crippen molar-refractivity contribution in [1.82, 2.24) is 4.90 Å². The number of likely N-dealkylation sites (tertiary alicyclic amines) is 1. The molecule has 1 saturated heterocycles. The molecule has 3 aromatic carbocycles. The summed E-state index contributed by atoms with van der Waals surface area (Å²) in [5, 5.41) is 9.37. The highest BCUT2D eigenvalue weighted by atomic mass is 16.5. The highest BCUT2D eigenvalue weighted by Gasteiger charge is 2.30. The molecule has 1 aliphatic heterocycles. The van der Waals surface area contributed by atoms with Crippen LogP contribution in [0.2, 0.25) is 0 Å². The largest absolute Gasteiger partial charge is 0.497 e. The summed E-state index contributed by atoms with van der Waals surface area (Å²) in [6, 6.07) is 26.5. The van der Waals surface area contributed by atoms with E-state index in [2.05, 4.69) is 41.3 Å². The molecule has 1 aliphatic rings. The van der Waals surface area contributed by atoms with Crippen LogP contribution in [0.25, 0.3) is 0 Å². The Labute approximate surface area is 189 Å². The second kappa shape index (κ2) is 10.3. The van der Waals surface area contributed by atoms with E-state index in [1.54, 1.807) is 7.11 Å². The van der Waals surface area contributed by atoms with Crippen LogP contribution in [-0.4, -0.2) is 36.2 Å². The van der Waals surface area contributed by atoms with Gasteiger partial charge < -0.3 is 14.6 Å². The summed E-state index contributed by atoms with van der Waals surface area (Å²) < 4.78 is 11.3. The van der Waals surface area contributed by atoms with E-state index in [0.717, 1.165) is 41.3 Å². The summed E-state index contributed by atoms with van der Waals surface area (Å²) in [4.78, 5) is 13.8. The van der Waals surface area contributed by atoms with Crippen molar-refractivity contribution in [2.24, 2.45) is 5.92 Å². The van der Waals surface area contributed by atoms with E-state index in [1.807, 2.05) is 42.5 Å². The summed E-state index contributed by atoms with van der Waals surface area (Å²) in [5.74, 6) is 0.708. The number of hydrogen-bond donors (Lipinski definition) is 1. The first kappa shape index (κ1) is 21.9. The van der Waals surface area contributed by atoms with E-state index in [0.29, 0.717) is 19.4 Å². The quantitative estimate of drug-likeness (QED) is 0.534. The number of carboxylic acid groups (broad SMARTS) is 1. The summed E-state index contributed by atoms with van der Waals surface area (Å²) >= 11 is 0. The van der Waals surface area contributed by atoms with Crippen LogP contribution in [0.5, 0.6) is 11.5 Å². The first-order valence-corrected chi connectivity index (χ1v) is 11.0. The Balaban J connectivity index is 1.53. The molecule has 0 radical (unpaired) electrons. The van der Waals surface area contributed by atoms with Crippen molar-refractivity contribution in [2.75, 3.05) is 20.2 Å². The van der Waals surface area contributed by atoms with Crippen LogP contribution in [-0.2, 0) is 11.4 Å². The van der Waals surface area contributed by atoms with Gasteiger partial charge >= 0.3 is 5.97 Å². The Morgan fingerprint density at radius 3 is 2.00 bits per heavy atom. The Kier molecular flexibility index (Phi) is 7.07. The van der Waals surface area contributed by atoms with Gasteiger partial charge in [-0.3, -0.25) is 9.69 Å². The average molecular weight is 432 g/mol. The van der Waals surface area contributed by atoms with Crippen molar-refractivity contribution in [2.45, 2.75) is 25.5 Å². The molecule has 1 fully saturated rings. The lowest BCUT2D eigenvalue weighted by molar-refractivity contribution is -0.143. The molecule has 32 heavy (non-hydrogen) atoms. The van der Waals surface area contributed by atoms with Gasteiger partial charge in [0.15, 0.2) is 0 Å². The molecule has 1 atom stereocenters. The fourth-order valence-corrected chi connectivity index (χ4v) is 4.29. The van der Waals surface area contributed by atoms with Crippen LogP contribution in [0.4, 0.5) is 0 Å². The maximum atomic E-state index is 11.4. The van der Waals surface area contributed by atoms with E-state index < -0.39 is 5.97 Å². The first-order chi connectivity index (χ1) is 15.6. The number of rotatable bonds is 8.